The van der Waals surface area contributed by atoms with E-state index in [0.717, 1.165) is 54.6 Å². The normalized spacial score (nSPS) is 12.3. The van der Waals surface area contributed by atoms with Gasteiger partial charge in [-0.1, -0.05) is 25.5 Å². The summed E-state index contributed by atoms with van der Waals surface area (Å²) in [6.45, 7) is 5.16. The number of nitrogen functional groups attached to an aromatic ring is 1. The lowest BCUT2D eigenvalue weighted by Gasteiger charge is -2.21. The first kappa shape index (κ1) is 23.9. The molecule has 0 saturated carbocycles. The predicted molar refractivity (Wildman–Crippen MR) is 123 cm³/mol. The van der Waals surface area contributed by atoms with Crippen molar-refractivity contribution in [2.45, 2.75) is 58.4 Å². The SMILES string of the molecule is CCC[C@@H](CCO)Nc1nc(N)nc(C)c1Cc1ccc(CCCN(C)C)cc1O. The molecule has 0 aliphatic heterocycles. The maximum absolute atomic E-state index is 10.6. The largest absolute Gasteiger partial charge is 0.508 e. The molecule has 0 bridgehead atoms. The third-order valence-electron chi connectivity index (χ3n) is 5.27. The Bertz CT molecular complexity index is 804. The topological polar surface area (TPSA) is 108 Å². The van der Waals surface area contributed by atoms with Crippen LogP contribution in [0.4, 0.5) is 11.8 Å². The van der Waals surface area contributed by atoms with E-state index >= 15 is 0 Å². The number of rotatable bonds is 12. The molecule has 30 heavy (non-hydrogen) atoms. The minimum atomic E-state index is 0.111. The number of aromatic nitrogens is 2. The lowest BCUT2D eigenvalue weighted by Crippen LogP contribution is -2.23. The fraction of sp³-hybridized carbons (Fsp3) is 0.565. The maximum Gasteiger partial charge on any atom is 0.222 e. The second kappa shape index (κ2) is 11.7. The van der Waals surface area contributed by atoms with Crippen LogP contribution in [-0.4, -0.2) is 58.4 Å². The van der Waals surface area contributed by atoms with Gasteiger partial charge < -0.3 is 26.2 Å². The average Bonchev–Trinajstić information content (AvgIpc) is 2.66. The molecule has 1 atom stereocenters. The zero-order chi connectivity index (χ0) is 22.1. The molecule has 1 aromatic carbocycles. The molecule has 0 aliphatic carbocycles. The van der Waals surface area contributed by atoms with Crippen LogP contribution < -0.4 is 11.1 Å². The molecule has 0 amide bonds. The van der Waals surface area contributed by atoms with Crippen molar-refractivity contribution in [3.63, 3.8) is 0 Å². The smallest absolute Gasteiger partial charge is 0.222 e. The van der Waals surface area contributed by atoms with Crippen molar-refractivity contribution in [3.05, 3.63) is 40.6 Å². The quantitative estimate of drug-likeness (QED) is 0.422. The van der Waals surface area contributed by atoms with Crippen molar-refractivity contribution in [3.8, 4) is 5.75 Å². The number of aryl methyl sites for hydroxylation is 2. The van der Waals surface area contributed by atoms with E-state index in [-0.39, 0.29) is 18.6 Å². The van der Waals surface area contributed by atoms with E-state index in [4.69, 9.17) is 5.73 Å². The lowest BCUT2D eigenvalue weighted by atomic mass is 9.99. The fourth-order valence-electron chi connectivity index (χ4n) is 3.64. The second-order valence-electron chi connectivity index (χ2n) is 8.18. The fourth-order valence-corrected chi connectivity index (χ4v) is 3.64. The van der Waals surface area contributed by atoms with Crippen LogP contribution in [0, 0.1) is 6.92 Å². The zero-order valence-corrected chi connectivity index (χ0v) is 18.8. The van der Waals surface area contributed by atoms with Crippen LogP contribution in [0.5, 0.6) is 5.75 Å². The van der Waals surface area contributed by atoms with Crippen LogP contribution in [0.25, 0.3) is 0 Å². The molecule has 0 spiro atoms. The molecule has 7 nitrogen and oxygen atoms in total. The Hall–Kier alpha value is -2.38. The number of phenolic OH excluding ortho intramolecular Hbond substituents is 1. The van der Waals surface area contributed by atoms with Gasteiger partial charge >= 0.3 is 0 Å². The molecule has 2 rings (SSSR count). The molecular weight excluding hydrogens is 378 g/mol. The van der Waals surface area contributed by atoms with Crippen molar-refractivity contribution in [2.75, 3.05) is 38.3 Å². The number of aliphatic hydroxyl groups is 1. The van der Waals surface area contributed by atoms with Gasteiger partial charge in [-0.2, -0.15) is 4.98 Å². The van der Waals surface area contributed by atoms with Crippen molar-refractivity contribution < 1.29 is 10.2 Å². The third kappa shape index (κ3) is 7.15. The van der Waals surface area contributed by atoms with Crippen molar-refractivity contribution in [1.82, 2.24) is 14.9 Å². The Morgan fingerprint density at radius 1 is 1.20 bits per heavy atom. The summed E-state index contributed by atoms with van der Waals surface area (Å²) in [7, 11) is 4.13. The monoisotopic (exact) mass is 415 g/mol. The predicted octanol–water partition coefficient (Wildman–Crippen LogP) is 3.12. The Morgan fingerprint density at radius 2 is 1.97 bits per heavy atom. The van der Waals surface area contributed by atoms with Gasteiger partial charge in [0.25, 0.3) is 0 Å². The summed E-state index contributed by atoms with van der Waals surface area (Å²) >= 11 is 0. The van der Waals surface area contributed by atoms with Gasteiger partial charge in [-0.05, 0) is 70.4 Å². The number of aromatic hydroxyl groups is 1. The molecule has 166 valence electrons. The summed E-state index contributed by atoms with van der Waals surface area (Å²) in [5, 5.41) is 23.4. The van der Waals surface area contributed by atoms with Gasteiger partial charge in [0.2, 0.25) is 5.95 Å². The van der Waals surface area contributed by atoms with E-state index in [1.807, 2.05) is 19.1 Å². The Morgan fingerprint density at radius 3 is 2.60 bits per heavy atom. The van der Waals surface area contributed by atoms with Gasteiger partial charge in [-0.25, -0.2) is 4.98 Å². The number of nitrogens with zero attached hydrogens (tertiary/aromatic N) is 3. The summed E-state index contributed by atoms with van der Waals surface area (Å²) in [6, 6.07) is 6.03. The highest BCUT2D eigenvalue weighted by Gasteiger charge is 2.17. The van der Waals surface area contributed by atoms with Crippen LogP contribution in [0.1, 0.15) is 55.0 Å². The first-order valence-corrected chi connectivity index (χ1v) is 10.8. The van der Waals surface area contributed by atoms with E-state index in [1.165, 1.54) is 0 Å². The molecule has 0 radical (unpaired) electrons. The summed E-state index contributed by atoms with van der Waals surface area (Å²) in [5.74, 6) is 1.19. The number of benzene rings is 1. The number of nitrogens with one attached hydrogen (secondary N) is 1. The molecular formula is C23H37N5O2. The minimum absolute atomic E-state index is 0.111. The number of anilines is 2. The molecule has 1 aromatic heterocycles. The van der Waals surface area contributed by atoms with Gasteiger partial charge in [0, 0.05) is 30.3 Å². The highest BCUT2D eigenvalue weighted by Crippen LogP contribution is 2.28. The Kier molecular flexibility index (Phi) is 9.33. The van der Waals surface area contributed by atoms with Gasteiger partial charge in [-0.3, -0.25) is 0 Å². The number of nitrogens with two attached hydrogens (primary N) is 1. The minimum Gasteiger partial charge on any atom is -0.508 e. The van der Waals surface area contributed by atoms with E-state index < -0.39 is 0 Å². The maximum atomic E-state index is 10.6. The van der Waals surface area contributed by atoms with E-state index in [9.17, 15) is 10.2 Å². The summed E-state index contributed by atoms with van der Waals surface area (Å²) in [5.41, 5.74) is 9.57. The Balaban J connectivity index is 2.22. The molecule has 0 aliphatic rings. The number of hydrogen-bond acceptors (Lipinski definition) is 7. The van der Waals surface area contributed by atoms with Gasteiger partial charge in [0.15, 0.2) is 0 Å². The molecule has 2 aromatic rings. The zero-order valence-electron chi connectivity index (χ0n) is 18.8. The highest BCUT2D eigenvalue weighted by atomic mass is 16.3. The first-order chi connectivity index (χ1) is 14.3. The summed E-state index contributed by atoms with van der Waals surface area (Å²) in [4.78, 5) is 10.9. The van der Waals surface area contributed by atoms with Crippen LogP contribution in [0.15, 0.2) is 18.2 Å². The first-order valence-electron chi connectivity index (χ1n) is 10.8. The third-order valence-corrected chi connectivity index (χ3v) is 5.27. The standard InChI is InChI=1S/C23H37N5O2/c1-5-7-19(11-13-29)26-22-20(16(2)25-23(24)27-22)15-18-10-9-17(14-21(18)30)8-6-12-28(3)4/h9-10,14,19,29-30H,5-8,11-13,15H2,1-4H3,(H3,24,25,26,27)/t19-/m0/s1. The lowest BCUT2D eigenvalue weighted by molar-refractivity contribution is 0.276. The average molecular weight is 416 g/mol. The molecule has 5 N–H and O–H groups in total. The number of phenols is 1. The van der Waals surface area contributed by atoms with Crippen LogP contribution in [0.2, 0.25) is 0 Å². The summed E-state index contributed by atoms with van der Waals surface area (Å²) < 4.78 is 0. The van der Waals surface area contributed by atoms with Crippen molar-refractivity contribution >= 4 is 11.8 Å². The molecule has 7 heteroatoms. The number of aliphatic hydroxyl groups excluding tert-OH is 1. The van der Waals surface area contributed by atoms with Crippen LogP contribution in [-0.2, 0) is 12.8 Å². The van der Waals surface area contributed by atoms with E-state index in [0.29, 0.717) is 24.4 Å². The molecule has 0 fully saturated rings. The van der Waals surface area contributed by atoms with Crippen LogP contribution in [0.3, 0.4) is 0 Å². The molecule has 0 saturated heterocycles. The van der Waals surface area contributed by atoms with Gasteiger partial charge in [-0.15, -0.1) is 0 Å². The van der Waals surface area contributed by atoms with Gasteiger partial charge in [0.1, 0.15) is 11.6 Å². The van der Waals surface area contributed by atoms with E-state index in [1.54, 1.807) is 0 Å². The van der Waals surface area contributed by atoms with Crippen molar-refractivity contribution in [1.29, 1.82) is 0 Å². The van der Waals surface area contributed by atoms with Crippen molar-refractivity contribution in [2.24, 2.45) is 0 Å². The van der Waals surface area contributed by atoms with Crippen LogP contribution >= 0.6 is 0 Å². The number of hydrogen-bond donors (Lipinski definition) is 4. The molecule has 0 unspecified atom stereocenters. The highest BCUT2D eigenvalue weighted by molar-refractivity contribution is 5.53. The molecule has 1 heterocycles. The van der Waals surface area contributed by atoms with Gasteiger partial charge in [0.05, 0.1) is 0 Å². The van der Waals surface area contributed by atoms with E-state index in [2.05, 4.69) is 47.3 Å². The summed E-state index contributed by atoms with van der Waals surface area (Å²) in [6.07, 6.45) is 5.06. The second-order valence-corrected chi connectivity index (χ2v) is 8.18. The Labute approximate surface area is 180 Å².